The van der Waals surface area contributed by atoms with Crippen LogP contribution in [0.15, 0.2) is 30.4 Å². The van der Waals surface area contributed by atoms with Crippen molar-refractivity contribution in [2.45, 2.75) is 13.0 Å². The van der Waals surface area contributed by atoms with Gasteiger partial charge in [-0.2, -0.15) is 0 Å². The number of carbonyl (C=O) groups is 2. The fourth-order valence-electron chi connectivity index (χ4n) is 2.02. The summed E-state index contributed by atoms with van der Waals surface area (Å²) >= 11 is 0. The van der Waals surface area contributed by atoms with Crippen molar-refractivity contribution in [3.63, 3.8) is 0 Å². The molecule has 0 aromatic heterocycles. The van der Waals surface area contributed by atoms with Crippen LogP contribution in [0.3, 0.4) is 0 Å². The molecule has 18 heavy (non-hydrogen) atoms. The third kappa shape index (κ3) is 2.41. The number of carboxylic acids is 1. The Labute approximate surface area is 105 Å². The molecule has 0 spiro atoms. The van der Waals surface area contributed by atoms with Crippen LogP contribution in [0.2, 0.25) is 0 Å². The van der Waals surface area contributed by atoms with Crippen molar-refractivity contribution in [2.24, 2.45) is 5.73 Å². The molecule has 1 aliphatic heterocycles. The third-order valence-corrected chi connectivity index (χ3v) is 2.86. The second-order valence-corrected chi connectivity index (χ2v) is 4.09. The highest BCUT2D eigenvalue weighted by atomic mass is 16.4. The predicted octanol–water partition coefficient (Wildman–Crippen LogP) is 0.675. The zero-order valence-corrected chi connectivity index (χ0v) is 9.80. The molecule has 0 aliphatic carbocycles. The molecule has 1 aliphatic rings. The molecule has 94 valence electrons. The van der Waals surface area contributed by atoms with Gasteiger partial charge in [0.1, 0.15) is 0 Å². The average Bonchev–Trinajstić information content (AvgIpc) is 2.64. The van der Waals surface area contributed by atoms with Crippen LogP contribution in [-0.2, 0) is 22.6 Å². The Morgan fingerprint density at radius 1 is 1.50 bits per heavy atom. The fraction of sp³-hybridized carbons (Fsp3) is 0.231. The number of hydrogen-bond donors (Lipinski definition) is 2. The average molecular weight is 246 g/mol. The first-order chi connectivity index (χ1) is 8.61. The van der Waals surface area contributed by atoms with E-state index in [-0.39, 0.29) is 12.5 Å². The minimum Gasteiger partial charge on any atom is -0.478 e. The minimum absolute atomic E-state index is 0.0192. The molecule has 1 amide bonds. The van der Waals surface area contributed by atoms with Crippen LogP contribution >= 0.6 is 0 Å². The highest BCUT2D eigenvalue weighted by Crippen LogP contribution is 2.29. The summed E-state index contributed by atoms with van der Waals surface area (Å²) in [6, 6.07) is 5.66. The van der Waals surface area contributed by atoms with E-state index < -0.39 is 5.97 Å². The number of rotatable bonds is 4. The van der Waals surface area contributed by atoms with Gasteiger partial charge in [-0.1, -0.05) is 18.2 Å². The lowest BCUT2D eigenvalue weighted by Gasteiger charge is -2.15. The van der Waals surface area contributed by atoms with Gasteiger partial charge >= 0.3 is 5.97 Å². The maximum absolute atomic E-state index is 11.8. The highest BCUT2D eigenvalue weighted by molar-refractivity contribution is 6.01. The van der Waals surface area contributed by atoms with Crippen molar-refractivity contribution < 1.29 is 14.7 Å². The fourth-order valence-corrected chi connectivity index (χ4v) is 2.02. The Balaban J connectivity index is 2.20. The molecule has 0 bridgehead atoms. The van der Waals surface area contributed by atoms with Crippen LogP contribution < -0.4 is 10.6 Å². The van der Waals surface area contributed by atoms with E-state index in [1.165, 1.54) is 6.08 Å². The zero-order valence-electron chi connectivity index (χ0n) is 9.80. The lowest BCUT2D eigenvalue weighted by Crippen LogP contribution is -2.26. The van der Waals surface area contributed by atoms with Crippen molar-refractivity contribution in [2.75, 3.05) is 11.4 Å². The molecule has 0 radical (unpaired) electrons. The zero-order chi connectivity index (χ0) is 13.1. The second kappa shape index (κ2) is 5.01. The lowest BCUT2D eigenvalue weighted by atomic mass is 10.1. The SMILES string of the molecule is NCc1ccc2c(c1)CC(=O)N2C/C=C/C(=O)O. The first-order valence-corrected chi connectivity index (χ1v) is 5.63. The van der Waals surface area contributed by atoms with E-state index in [4.69, 9.17) is 10.8 Å². The standard InChI is InChI=1S/C13H14N2O3/c14-8-9-3-4-11-10(6-9)7-12(16)15(11)5-1-2-13(17)18/h1-4,6H,5,7-8,14H2,(H,17,18)/b2-1+. The molecular weight excluding hydrogens is 232 g/mol. The molecule has 3 N–H and O–H groups in total. The number of hydrogen-bond acceptors (Lipinski definition) is 3. The van der Waals surface area contributed by atoms with E-state index in [2.05, 4.69) is 0 Å². The topological polar surface area (TPSA) is 83.6 Å². The Hall–Kier alpha value is -2.14. The minimum atomic E-state index is -1.01. The van der Waals surface area contributed by atoms with Crippen molar-refractivity contribution in [3.8, 4) is 0 Å². The Bertz CT molecular complexity index is 523. The first kappa shape index (κ1) is 12.3. The van der Waals surface area contributed by atoms with Gasteiger partial charge < -0.3 is 15.7 Å². The van der Waals surface area contributed by atoms with Gasteiger partial charge in [0, 0.05) is 24.9 Å². The van der Waals surface area contributed by atoms with E-state index in [9.17, 15) is 9.59 Å². The number of aliphatic carboxylic acids is 1. The molecule has 0 atom stereocenters. The molecule has 0 unspecified atom stereocenters. The van der Waals surface area contributed by atoms with Crippen LogP contribution in [0.4, 0.5) is 5.69 Å². The van der Waals surface area contributed by atoms with Crippen molar-refractivity contribution in [1.82, 2.24) is 0 Å². The molecular formula is C13H14N2O3. The number of anilines is 1. The summed E-state index contributed by atoms with van der Waals surface area (Å²) in [6.45, 7) is 0.723. The van der Waals surface area contributed by atoms with Gasteiger partial charge in [0.25, 0.3) is 0 Å². The monoisotopic (exact) mass is 246 g/mol. The maximum Gasteiger partial charge on any atom is 0.328 e. The molecule has 1 aromatic carbocycles. The Morgan fingerprint density at radius 3 is 2.94 bits per heavy atom. The number of fused-ring (bicyclic) bond motifs is 1. The van der Waals surface area contributed by atoms with Crippen molar-refractivity contribution >= 4 is 17.6 Å². The molecule has 5 heteroatoms. The van der Waals surface area contributed by atoms with Crippen LogP contribution in [0.1, 0.15) is 11.1 Å². The van der Waals surface area contributed by atoms with Crippen LogP contribution in [0, 0.1) is 0 Å². The summed E-state index contributed by atoms with van der Waals surface area (Å²) < 4.78 is 0. The molecule has 5 nitrogen and oxygen atoms in total. The van der Waals surface area contributed by atoms with Crippen molar-refractivity contribution in [3.05, 3.63) is 41.5 Å². The van der Waals surface area contributed by atoms with Crippen LogP contribution in [0.25, 0.3) is 0 Å². The molecule has 1 aromatic rings. The molecule has 0 saturated carbocycles. The first-order valence-electron chi connectivity index (χ1n) is 5.63. The molecule has 0 saturated heterocycles. The summed E-state index contributed by atoms with van der Waals surface area (Å²) in [5.74, 6) is -1.03. The number of benzene rings is 1. The molecule has 1 heterocycles. The number of amides is 1. The summed E-state index contributed by atoms with van der Waals surface area (Å²) in [4.78, 5) is 23.8. The molecule has 2 rings (SSSR count). The van der Waals surface area contributed by atoms with Crippen molar-refractivity contribution in [1.29, 1.82) is 0 Å². The number of carboxylic acid groups (broad SMARTS) is 1. The van der Waals surface area contributed by atoms with E-state index in [0.29, 0.717) is 13.0 Å². The van der Waals surface area contributed by atoms with E-state index in [1.54, 1.807) is 4.90 Å². The third-order valence-electron chi connectivity index (χ3n) is 2.86. The van der Waals surface area contributed by atoms with E-state index in [0.717, 1.165) is 22.9 Å². The van der Waals surface area contributed by atoms with Gasteiger partial charge in [-0.05, 0) is 17.2 Å². The Morgan fingerprint density at radius 2 is 2.28 bits per heavy atom. The number of nitrogens with zero attached hydrogens (tertiary/aromatic N) is 1. The van der Waals surface area contributed by atoms with Gasteiger partial charge in [-0.15, -0.1) is 0 Å². The lowest BCUT2D eigenvalue weighted by molar-refractivity contribution is -0.131. The van der Waals surface area contributed by atoms with E-state index in [1.807, 2.05) is 18.2 Å². The summed E-state index contributed by atoms with van der Waals surface area (Å²) in [5.41, 5.74) is 8.33. The predicted molar refractivity (Wildman–Crippen MR) is 67.2 cm³/mol. The van der Waals surface area contributed by atoms with Gasteiger partial charge in [0.2, 0.25) is 5.91 Å². The highest BCUT2D eigenvalue weighted by Gasteiger charge is 2.26. The quantitative estimate of drug-likeness (QED) is 0.765. The normalized spacial score (nSPS) is 14.3. The van der Waals surface area contributed by atoms with Crippen LogP contribution in [0.5, 0.6) is 0 Å². The van der Waals surface area contributed by atoms with Gasteiger partial charge in [0.05, 0.1) is 6.42 Å². The largest absolute Gasteiger partial charge is 0.478 e. The molecule has 0 fully saturated rings. The summed E-state index contributed by atoms with van der Waals surface area (Å²) in [5, 5.41) is 8.51. The Kier molecular flexibility index (Phi) is 3.43. The van der Waals surface area contributed by atoms with E-state index >= 15 is 0 Å². The van der Waals surface area contributed by atoms with Gasteiger partial charge in [-0.25, -0.2) is 4.79 Å². The summed E-state index contributed by atoms with van der Waals surface area (Å²) in [6.07, 6.45) is 2.86. The van der Waals surface area contributed by atoms with Crippen LogP contribution in [-0.4, -0.2) is 23.5 Å². The number of nitrogens with two attached hydrogens (primary N) is 1. The number of carbonyl (C=O) groups excluding carboxylic acids is 1. The van der Waals surface area contributed by atoms with Gasteiger partial charge in [0.15, 0.2) is 0 Å². The van der Waals surface area contributed by atoms with Gasteiger partial charge in [-0.3, -0.25) is 4.79 Å². The smallest absolute Gasteiger partial charge is 0.328 e. The maximum atomic E-state index is 11.8. The summed E-state index contributed by atoms with van der Waals surface area (Å²) in [7, 11) is 0. The second-order valence-electron chi connectivity index (χ2n) is 4.09.